The van der Waals surface area contributed by atoms with E-state index in [1.807, 2.05) is 17.9 Å². The number of hydrogen-bond acceptors (Lipinski definition) is 6. The predicted molar refractivity (Wildman–Crippen MR) is 85.8 cm³/mol. The lowest BCUT2D eigenvalue weighted by atomic mass is 10.3. The molecular formula is C15H18N4O2S. The maximum absolute atomic E-state index is 12.1. The Morgan fingerprint density at radius 2 is 2.23 bits per heavy atom. The summed E-state index contributed by atoms with van der Waals surface area (Å²) in [5.41, 5.74) is 0. The summed E-state index contributed by atoms with van der Waals surface area (Å²) in [7, 11) is 0. The summed E-state index contributed by atoms with van der Waals surface area (Å²) >= 11 is 1.43. The van der Waals surface area contributed by atoms with E-state index < -0.39 is 0 Å². The summed E-state index contributed by atoms with van der Waals surface area (Å²) in [4.78, 5) is 20.7. The van der Waals surface area contributed by atoms with Gasteiger partial charge in [0.1, 0.15) is 11.6 Å². The molecule has 0 bridgehead atoms. The number of nitrogens with zero attached hydrogens (tertiary/aromatic N) is 4. The van der Waals surface area contributed by atoms with Gasteiger partial charge in [0.25, 0.3) is 0 Å². The number of furan rings is 1. The zero-order valence-electron chi connectivity index (χ0n) is 12.4. The van der Waals surface area contributed by atoms with Crippen LogP contribution in [0.2, 0.25) is 0 Å². The molecule has 7 heteroatoms. The van der Waals surface area contributed by atoms with E-state index in [9.17, 15) is 4.79 Å². The third kappa shape index (κ3) is 3.36. The smallest absolute Gasteiger partial charge is 0.246 e. The molecule has 0 aliphatic carbocycles. The highest BCUT2D eigenvalue weighted by atomic mass is 32.1. The second-order valence-electron chi connectivity index (χ2n) is 5.01. The SMILES string of the molecule is CCc1nsc(N2CCN(C(=O)C=Cc3ccco3)CC2)n1. The number of carbonyl (C=O) groups is 1. The quantitative estimate of drug-likeness (QED) is 0.808. The number of hydrogen-bond donors (Lipinski definition) is 0. The number of anilines is 1. The van der Waals surface area contributed by atoms with Crippen molar-refractivity contribution >= 4 is 28.6 Å². The topological polar surface area (TPSA) is 62.5 Å². The molecule has 0 spiro atoms. The standard InChI is InChI=1S/C15H18N4O2S/c1-2-13-16-15(22-17-13)19-9-7-18(8-10-19)14(20)6-5-12-4-3-11-21-12/h3-6,11H,2,7-10H2,1H3. The molecule has 1 aliphatic heterocycles. The number of rotatable bonds is 4. The van der Waals surface area contributed by atoms with E-state index in [0.717, 1.165) is 30.5 Å². The van der Waals surface area contributed by atoms with Crippen molar-refractivity contribution in [3.8, 4) is 0 Å². The Kier molecular flexibility index (Phi) is 4.53. The molecule has 3 rings (SSSR count). The maximum atomic E-state index is 12.1. The molecule has 2 aromatic rings. The molecule has 1 fully saturated rings. The van der Waals surface area contributed by atoms with Gasteiger partial charge in [0, 0.05) is 50.2 Å². The van der Waals surface area contributed by atoms with Crippen molar-refractivity contribution < 1.29 is 9.21 Å². The minimum absolute atomic E-state index is 0.0163. The summed E-state index contributed by atoms with van der Waals surface area (Å²) in [6.07, 6.45) is 5.71. The summed E-state index contributed by atoms with van der Waals surface area (Å²) in [6, 6.07) is 3.62. The van der Waals surface area contributed by atoms with Gasteiger partial charge in [0.15, 0.2) is 0 Å². The Balaban J connectivity index is 1.53. The maximum Gasteiger partial charge on any atom is 0.246 e. The second kappa shape index (κ2) is 6.74. The Morgan fingerprint density at radius 1 is 1.41 bits per heavy atom. The van der Waals surface area contributed by atoms with Gasteiger partial charge in [-0.25, -0.2) is 4.98 Å². The zero-order chi connectivity index (χ0) is 15.4. The van der Waals surface area contributed by atoms with Gasteiger partial charge in [-0.05, 0) is 18.2 Å². The van der Waals surface area contributed by atoms with Gasteiger partial charge in [0.2, 0.25) is 11.0 Å². The van der Waals surface area contributed by atoms with Crippen LogP contribution in [0.5, 0.6) is 0 Å². The van der Waals surface area contributed by atoms with E-state index in [0.29, 0.717) is 18.8 Å². The van der Waals surface area contributed by atoms with E-state index in [2.05, 4.69) is 14.3 Å². The molecule has 0 N–H and O–H groups in total. The van der Waals surface area contributed by atoms with E-state index in [4.69, 9.17) is 4.42 Å². The van der Waals surface area contributed by atoms with E-state index in [1.54, 1.807) is 24.5 Å². The molecule has 0 atom stereocenters. The van der Waals surface area contributed by atoms with Crippen LogP contribution >= 0.6 is 11.5 Å². The molecule has 1 amide bonds. The minimum atomic E-state index is 0.0163. The molecule has 3 heterocycles. The van der Waals surface area contributed by atoms with Crippen molar-refractivity contribution in [1.82, 2.24) is 14.3 Å². The lowest BCUT2D eigenvalue weighted by Crippen LogP contribution is -2.48. The van der Waals surface area contributed by atoms with Crippen LogP contribution in [0.1, 0.15) is 18.5 Å². The van der Waals surface area contributed by atoms with Gasteiger partial charge in [-0.1, -0.05) is 6.92 Å². The Morgan fingerprint density at radius 3 is 2.86 bits per heavy atom. The second-order valence-corrected chi connectivity index (χ2v) is 5.74. The molecule has 116 valence electrons. The molecule has 0 aromatic carbocycles. The van der Waals surface area contributed by atoms with Gasteiger partial charge in [-0.3, -0.25) is 4.79 Å². The van der Waals surface area contributed by atoms with Crippen molar-refractivity contribution in [1.29, 1.82) is 0 Å². The van der Waals surface area contributed by atoms with Crippen LogP contribution in [0.4, 0.5) is 5.13 Å². The lowest BCUT2D eigenvalue weighted by molar-refractivity contribution is -0.126. The fourth-order valence-electron chi connectivity index (χ4n) is 2.28. The molecule has 0 radical (unpaired) electrons. The average molecular weight is 318 g/mol. The van der Waals surface area contributed by atoms with E-state index in [1.165, 1.54) is 11.5 Å². The van der Waals surface area contributed by atoms with E-state index >= 15 is 0 Å². The van der Waals surface area contributed by atoms with Crippen LogP contribution in [0, 0.1) is 0 Å². The predicted octanol–water partition coefficient (Wildman–Crippen LogP) is 2.06. The normalized spacial score (nSPS) is 15.7. The van der Waals surface area contributed by atoms with Gasteiger partial charge in [0.05, 0.1) is 6.26 Å². The van der Waals surface area contributed by atoms with Gasteiger partial charge < -0.3 is 14.2 Å². The van der Waals surface area contributed by atoms with Crippen LogP contribution < -0.4 is 4.90 Å². The van der Waals surface area contributed by atoms with E-state index in [-0.39, 0.29) is 5.91 Å². The van der Waals surface area contributed by atoms with Crippen molar-refractivity contribution in [2.45, 2.75) is 13.3 Å². The number of aromatic nitrogens is 2. The zero-order valence-corrected chi connectivity index (χ0v) is 13.3. The first-order valence-electron chi connectivity index (χ1n) is 7.34. The van der Waals surface area contributed by atoms with Crippen molar-refractivity contribution in [2.75, 3.05) is 31.1 Å². The first-order chi connectivity index (χ1) is 10.8. The molecule has 2 aromatic heterocycles. The van der Waals surface area contributed by atoms with Crippen molar-refractivity contribution in [2.24, 2.45) is 0 Å². The fourth-order valence-corrected chi connectivity index (χ4v) is 3.08. The van der Waals surface area contributed by atoms with Gasteiger partial charge >= 0.3 is 0 Å². The van der Waals surface area contributed by atoms with Crippen LogP contribution in [0.25, 0.3) is 6.08 Å². The van der Waals surface area contributed by atoms with Crippen LogP contribution in [-0.4, -0.2) is 46.3 Å². The minimum Gasteiger partial charge on any atom is -0.465 e. The summed E-state index contributed by atoms with van der Waals surface area (Å²) < 4.78 is 9.49. The van der Waals surface area contributed by atoms with Gasteiger partial charge in [-0.2, -0.15) is 4.37 Å². The monoisotopic (exact) mass is 318 g/mol. The largest absolute Gasteiger partial charge is 0.465 e. The first-order valence-corrected chi connectivity index (χ1v) is 8.11. The molecule has 1 saturated heterocycles. The third-order valence-corrected chi connectivity index (χ3v) is 4.38. The van der Waals surface area contributed by atoms with Crippen LogP contribution in [0.15, 0.2) is 28.9 Å². The molecule has 0 saturated carbocycles. The summed E-state index contributed by atoms with van der Waals surface area (Å²) in [5.74, 6) is 1.59. The highest BCUT2D eigenvalue weighted by Gasteiger charge is 2.21. The fraction of sp³-hybridized carbons (Fsp3) is 0.400. The van der Waals surface area contributed by atoms with Crippen molar-refractivity contribution in [3.05, 3.63) is 36.1 Å². The van der Waals surface area contributed by atoms with Gasteiger partial charge in [-0.15, -0.1) is 0 Å². The van der Waals surface area contributed by atoms with Crippen LogP contribution in [0.3, 0.4) is 0 Å². The Labute approximate surface area is 133 Å². The highest BCUT2D eigenvalue weighted by molar-refractivity contribution is 7.09. The number of aryl methyl sites for hydroxylation is 1. The molecule has 22 heavy (non-hydrogen) atoms. The summed E-state index contributed by atoms with van der Waals surface area (Å²) in [5, 5.41) is 0.954. The lowest BCUT2D eigenvalue weighted by Gasteiger charge is -2.33. The Bertz CT molecular complexity index is 642. The highest BCUT2D eigenvalue weighted by Crippen LogP contribution is 2.19. The molecular weight excluding hydrogens is 300 g/mol. The third-order valence-electron chi connectivity index (χ3n) is 3.57. The van der Waals surface area contributed by atoms with Crippen LogP contribution in [-0.2, 0) is 11.2 Å². The molecule has 0 unspecified atom stereocenters. The average Bonchev–Trinajstić information content (AvgIpc) is 3.24. The molecule has 6 nitrogen and oxygen atoms in total. The number of amides is 1. The molecule has 1 aliphatic rings. The van der Waals surface area contributed by atoms with Crippen molar-refractivity contribution in [3.63, 3.8) is 0 Å². The Hall–Kier alpha value is -2.15. The first kappa shape index (κ1) is 14.8. The number of carbonyl (C=O) groups excluding carboxylic acids is 1. The number of piperazine rings is 1. The summed E-state index contributed by atoms with van der Waals surface area (Å²) in [6.45, 7) is 5.02.